The van der Waals surface area contributed by atoms with Crippen LogP contribution in [-0.4, -0.2) is 24.7 Å². The van der Waals surface area contributed by atoms with Gasteiger partial charge in [-0.25, -0.2) is 0 Å². The molecule has 0 bridgehead atoms. The van der Waals surface area contributed by atoms with Gasteiger partial charge in [0.05, 0.1) is 12.2 Å². The molecule has 20 heavy (non-hydrogen) atoms. The molecule has 0 aliphatic carbocycles. The predicted molar refractivity (Wildman–Crippen MR) is 76.7 cm³/mol. The standard InChI is InChI=1S/C15H20N2O3/c1-5-19-13-8-7-12(9-11(13)10-16)17-14(18)15(3,4)20-6-2/h7-9H,5-6H2,1-4H3,(H,17,18). The summed E-state index contributed by atoms with van der Waals surface area (Å²) in [7, 11) is 0. The van der Waals surface area contributed by atoms with Crippen molar-refractivity contribution in [2.75, 3.05) is 18.5 Å². The van der Waals surface area contributed by atoms with E-state index in [-0.39, 0.29) is 5.91 Å². The van der Waals surface area contributed by atoms with Crippen molar-refractivity contribution >= 4 is 11.6 Å². The highest BCUT2D eigenvalue weighted by Crippen LogP contribution is 2.23. The van der Waals surface area contributed by atoms with Crippen LogP contribution in [0.25, 0.3) is 0 Å². The van der Waals surface area contributed by atoms with Crippen LogP contribution in [0.3, 0.4) is 0 Å². The summed E-state index contributed by atoms with van der Waals surface area (Å²) in [4.78, 5) is 12.1. The molecule has 0 heterocycles. The van der Waals surface area contributed by atoms with Crippen LogP contribution < -0.4 is 10.1 Å². The lowest BCUT2D eigenvalue weighted by molar-refractivity contribution is -0.136. The second kappa shape index (κ2) is 6.92. The molecule has 1 aromatic carbocycles. The lowest BCUT2D eigenvalue weighted by Crippen LogP contribution is -2.39. The first-order chi connectivity index (χ1) is 9.44. The zero-order chi connectivity index (χ0) is 15.2. The Morgan fingerprint density at radius 1 is 1.35 bits per heavy atom. The molecule has 0 fully saturated rings. The Labute approximate surface area is 119 Å². The van der Waals surface area contributed by atoms with Crippen LogP contribution in [0, 0.1) is 11.3 Å². The Hall–Kier alpha value is -2.06. The molecule has 1 N–H and O–H groups in total. The molecule has 0 saturated carbocycles. The molecule has 0 aliphatic heterocycles. The zero-order valence-corrected chi connectivity index (χ0v) is 12.3. The first kappa shape index (κ1) is 16.0. The number of nitrogens with one attached hydrogen (secondary N) is 1. The fraction of sp³-hybridized carbons (Fsp3) is 0.467. The number of carbonyl (C=O) groups is 1. The summed E-state index contributed by atoms with van der Waals surface area (Å²) in [6.07, 6.45) is 0. The van der Waals surface area contributed by atoms with E-state index in [0.29, 0.717) is 30.2 Å². The Kier molecular flexibility index (Phi) is 5.53. The molecule has 0 saturated heterocycles. The predicted octanol–water partition coefficient (Wildman–Crippen LogP) is 2.71. The van der Waals surface area contributed by atoms with Crippen molar-refractivity contribution < 1.29 is 14.3 Å². The van der Waals surface area contributed by atoms with Crippen LogP contribution in [0.4, 0.5) is 5.69 Å². The summed E-state index contributed by atoms with van der Waals surface area (Å²) >= 11 is 0. The molecule has 1 amide bonds. The number of hydrogen-bond donors (Lipinski definition) is 1. The molecule has 0 atom stereocenters. The van der Waals surface area contributed by atoms with E-state index in [0.717, 1.165) is 0 Å². The maximum atomic E-state index is 12.1. The Bertz CT molecular complexity index is 518. The SMILES string of the molecule is CCOc1ccc(NC(=O)C(C)(C)OCC)cc1C#N. The lowest BCUT2D eigenvalue weighted by atomic mass is 10.1. The number of amides is 1. The van der Waals surface area contributed by atoms with Crippen LogP contribution in [0.1, 0.15) is 33.3 Å². The number of anilines is 1. The Morgan fingerprint density at radius 2 is 2.05 bits per heavy atom. The topological polar surface area (TPSA) is 71.3 Å². The minimum atomic E-state index is -0.917. The smallest absolute Gasteiger partial charge is 0.256 e. The van der Waals surface area contributed by atoms with Gasteiger partial charge in [0.1, 0.15) is 17.4 Å². The van der Waals surface area contributed by atoms with E-state index >= 15 is 0 Å². The molecule has 5 heteroatoms. The van der Waals surface area contributed by atoms with Crippen LogP contribution >= 0.6 is 0 Å². The monoisotopic (exact) mass is 276 g/mol. The number of benzene rings is 1. The van der Waals surface area contributed by atoms with Crippen molar-refractivity contribution in [2.24, 2.45) is 0 Å². The van der Waals surface area contributed by atoms with E-state index in [9.17, 15) is 4.79 Å². The Morgan fingerprint density at radius 3 is 2.60 bits per heavy atom. The van der Waals surface area contributed by atoms with Crippen LogP contribution in [-0.2, 0) is 9.53 Å². The third-order valence-corrected chi connectivity index (χ3v) is 2.71. The van der Waals surface area contributed by atoms with Crippen molar-refractivity contribution in [2.45, 2.75) is 33.3 Å². The van der Waals surface area contributed by atoms with Gasteiger partial charge in [-0.05, 0) is 45.9 Å². The van der Waals surface area contributed by atoms with Crippen molar-refractivity contribution in [3.8, 4) is 11.8 Å². The second-order valence-corrected chi connectivity index (χ2v) is 4.65. The average molecular weight is 276 g/mol. The average Bonchev–Trinajstić information content (AvgIpc) is 2.40. The highest BCUT2D eigenvalue weighted by Gasteiger charge is 2.28. The minimum Gasteiger partial charge on any atom is -0.492 e. The number of rotatable bonds is 6. The number of carbonyl (C=O) groups excluding carboxylic acids is 1. The molecule has 0 radical (unpaired) electrons. The maximum Gasteiger partial charge on any atom is 0.256 e. The summed E-state index contributed by atoms with van der Waals surface area (Å²) in [6, 6.07) is 7.01. The molecule has 108 valence electrons. The van der Waals surface area contributed by atoms with Crippen LogP contribution in [0.2, 0.25) is 0 Å². The molecule has 5 nitrogen and oxygen atoms in total. The minimum absolute atomic E-state index is 0.257. The van der Waals surface area contributed by atoms with Gasteiger partial charge in [-0.2, -0.15) is 5.26 Å². The number of nitrogens with zero attached hydrogens (tertiary/aromatic N) is 1. The fourth-order valence-electron chi connectivity index (χ4n) is 1.68. The molecule has 0 aromatic heterocycles. The Balaban J connectivity index is 2.89. The van der Waals surface area contributed by atoms with Crippen molar-refractivity contribution in [1.82, 2.24) is 0 Å². The zero-order valence-electron chi connectivity index (χ0n) is 12.3. The van der Waals surface area contributed by atoms with Crippen LogP contribution in [0.15, 0.2) is 18.2 Å². The third kappa shape index (κ3) is 3.97. The largest absolute Gasteiger partial charge is 0.492 e. The molecule has 0 unspecified atom stereocenters. The van der Waals surface area contributed by atoms with Gasteiger partial charge in [-0.15, -0.1) is 0 Å². The normalized spacial score (nSPS) is 10.8. The molecule has 1 aromatic rings. The summed E-state index contributed by atoms with van der Waals surface area (Å²) in [5.74, 6) is 0.254. The molecule has 0 aliphatic rings. The summed E-state index contributed by atoms with van der Waals surface area (Å²) < 4.78 is 10.7. The van der Waals surface area contributed by atoms with Gasteiger partial charge in [0, 0.05) is 12.3 Å². The molecule has 0 spiro atoms. The summed E-state index contributed by atoms with van der Waals surface area (Å²) in [6.45, 7) is 8.02. The van der Waals surface area contributed by atoms with Crippen LogP contribution in [0.5, 0.6) is 5.75 Å². The molecule has 1 rings (SSSR count). The first-order valence-electron chi connectivity index (χ1n) is 6.57. The van der Waals surface area contributed by atoms with E-state index in [2.05, 4.69) is 11.4 Å². The number of nitriles is 1. The number of hydrogen-bond acceptors (Lipinski definition) is 4. The van der Waals surface area contributed by atoms with Crippen molar-refractivity contribution in [3.63, 3.8) is 0 Å². The van der Waals surface area contributed by atoms with Gasteiger partial charge in [-0.3, -0.25) is 4.79 Å². The quantitative estimate of drug-likeness (QED) is 0.867. The van der Waals surface area contributed by atoms with E-state index < -0.39 is 5.60 Å². The molecular weight excluding hydrogens is 256 g/mol. The highest BCUT2D eigenvalue weighted by molar-refractivity contribution is 5.96. The van der Waals surface area contributed by atoms with E-state index in [1.54, 1.807) is 32.0 Å². The third-order valence-electron chi connectivity index (χ3n) is 2.71. The van der Waals surface area contributed by atoms with Crippen molar-refractivity contribution in [3.05, 3.63) is 23.8 Å². The van der Waals surface area contributed by atoms with E-state index in [4.69, 9.17) is 14.7 Å². The van der Waals surface area contributed by atoms with Gasteiger partial charge in [-0.1, -0.05) is 0 Å². The van der Waals surface area contributed by atoms with Crippen molar-refractivity contribution in [1.29, 1.82) is 5.26 Å². The molecular formula is C15H20N2O3. The van der Waals surface area contributed by atoms with Gasteiger partial charge in [0.15, 0.2) is 0 Å². The summed E-state index contributed by atoms with van der Waals surface area (Å²) in [5.41, 5.74) is 0.0156. The highest BCUT2D eigenvalue weighted by atomic mass is 16.5. The fourth-order valence-corrected chi connectivity index (χ4v) is 1.68. The van der Waals surface area contributed by atoms with E-state index in [1.807, 2.05) is 13.8 Å². The maximum absolute atomic E-state index is 12.1. The van der Waals surface area contributed by atoms with Gasteiger partial charge in [0.2, 0.25) is 0 Å². The lowest BCUT2D eigenvalue weighted by Gasteiger charge is -2.23. The van der Waals surface area contributed by atoms with Gasteiger partial charge < -0.3 is 14.8 Å². The first-order valence-corrected chi connectivity index (χ1v) is 6.57. The second-order valence-electron chi connectivity index (χ2n) is 4.65. The number of ether oxygens (including phenoxy) is 2. The van der Waals surface area contributed by atoms with Gasteiger partial charge >= 0.3 is 0 Å². The van der Waals surface area contributed by atoms with E-state index in [1.165, 1.54) is 0 Å². The summed E-state index contributed by atoms with van der Waals surface area (Å²) in [5, 5.41) is 11.8. The van der Waals surface area contributed by atoms with Gasteiger partial charge in [0.25, 0.3) is 5.91 Å².